The number of ether oxygens (including phenoxy) is 1. The van der Waals surface area contributed by atoms with Crippen molar-refractivity contribution in [2.45, 2.75) is 26.2 Å². The summed E-state index contributed by atoms with van der Waals surface area (Å²) in [6.07, 6.45) is 7.84. The van der Waals surface area contributed by atoms with Crippen molar-refractivity contribution in [3.63, 3.8) is 0 Å². The second-order valence-electron chi connectivity index (χ2n) is 3.86. The minimum Gasteiger partial charge on any atom is -0.481 e. The molecular formula is C13H17NO. The maximum Gasteiger partial charge on any atom is 0.216 e. The maximum absolute atomic E-state index is 5.38. The van der Waals surface area contributed by atoms with E-state index in [2.05, 4.69) is 24.8 Å². The summed E-state index contributed by atoms with van der Waals surface area (Å²) in [6, 6.07) is 3.96. The first-order valence-electron chi connectivity index (χ1n) is 5.13. The van der Waals surface area contributed by atoms with Crippen LogP contribution in [0.1, 0.15) is 31.7 Å². The smallest absolute Gasteiger partial charge is 0.216 e. The van der Waals surface area contributed by atoms with E-state index in [4.69, 9.17) is 11.2 Å². The Hall–Kier alpha value is -1.49. The summed E-state index contributed by atoms with van der Waals surface area (Å²) in [6.45, 7) is 4.32. The van der Waals surface area contributed by atoms with E-state index in [1.54, 1.807) is 13.3 Å². The van der Waals surface area contributed by atoms with Crippen LogP contribution in [0, 0.1) is 18.3 Å². The number of aromatic nitrogens is 1. The van der Waals surface area contributed by atoms with E-state index in [1.165, 1.54) is 0 Å². The molecule has 0 spiro atoms. The van der Waals surface area contributed by atoms with Gasteiger partial charge in [0.25, 0.3) is 0 Å². The molecule has 0 radical (unpaired) electrons. The Morgan fingerprint density at radius 3 is 2.80 bits per heavy atom. The summed E-state index contributed by atoms with van der Waals surface area (Å²) >= 11 is 0. The molecule has 15 heavy (non-hydrogen) atoms. The summed E-state index contributed by atoms with van der Waals surface area (Å²) in [4.78, 5) is 4.19. The first-order valence-corrected chi connectivity index (χ1v) is 5.13. The fourth-order valence-corrected chi connectivity index (χ4v) is 1.69. The van der Waals surface area contributed by atoms with Crippen molar-refractivity contribution in [3.05, 3.63) is 23.9 Å². The molecule has 0 aliphatic carbocycles. The Balaban J connectivity index is 3.05. The third kappa shape index (κ3) is 2.73. The van der Waals surface area contributed by atoms with Crippen LogP contribution in [0.15, 0.2) is 18.3 Å². The zero-order valence-corrected chi connectivity index (χ0v) is 9.53. The SMILES string of the molecule is C#CCC(c1cccnc1OC)C(C)C. The highest BCUT2D eigenvalue weighted by Crippen LogP contribution is 2.32. The van der Waals surface area contributed by atoms with Gasteiger partial charge in [-0.25, -0.2) is 4.98 Å². The molecule has 0 saturated heterocycles. The minimum absolute atomic E-state index is 0.318. The highest BCUT2D eigenvalue weighted by molar-refractivity contribution is 5.30. The molecule has 1 rings (SSSR count). The minimum atomic E-state index is 0.318. The predicted molar refractivity (Wildman–Crippen MR) is 61.8 cm³/mol. The van der Waals surface area contributed by atoms with Crippen LogP contribution in [0.4, 0.5) is 0 Å². The van der Waals surface area contributed by atoms with Gasteiger partial charge in [0, 0.05) is 24.1 Å². The average Bonchev–Trinajstić information content (AvgIpc) is 2.25. The topological polar surface area (TPSA) is 22.1 Å². The predicted octanol–water partition coefficient (Wildman–Crippen LogP) is 2.85. The molecule has 1 heterocycles. The lowest BCUT2D eigenvalue weighted by Crippen LogP contribution is -2.08. The molecule has 0 fully saturated rings. The maximum atomic E-state index is 5.38. The molecule has 0 aliphatic heterocycles. The highest BCUT2D eigenvalue weighted by Gasteiger charge is 2.19. The number of hydrogen-bond donors (Lipinski definition) is 0. The van der Waals surface area contributed by atoms with Crippen molar-refractivity contribution in [1.29, 1.82) is 0 Å². The molecule has 1 aromatic heterocycles. The van der Waals surface area contributed by atoms with Gasteiger partial charge < -0.3 is 4.74 Å². The van der Waals surface area contributed by atoms with Crippen LogP contribution in [0.3, 0.4) is 0 Å². The van der Waals surface area contributed by atoms with Gasteiger partial charge in [-0.2, -0.15) is 0 Å². The molecule has 0 amide bonds. The van der Waals surface area contributed by atoms with E-state index < -0.39 is 0 Å². The van der Waals surface area contributed by atoms with Crippen LogP contribution in [0.25, 0.3) is 0 Å². The van der Waals surface area contributed by atoms with Crippen molar-refractivity contribution in [1.82, 2.24) is 4.98 Å². The third-order valence-corrected chi connectivity index (χ3v) is 2.54. The van der Waals surface area contributed by atoms with Crippen LogP contribution in [-0.4, -0.2) is 12.1 Å². The number of terminal acetylenes is 1. The molecule has 0 aliphatic rings. The van der Waals surface area contributed by atoms with Crippen LogP contribution in [0.5, 0.6) is 5.88 Å². The van der Waals surface area contributed by atoms with Crippen molar-refractivity contribution in [2.24, 2.45) is 5.92 Å². The molecule has 0 N–H and O–H groups in total. The van der Waals surface area contributed by atoms with E-state index >= 15 is 0 Å². The molecule has 2 nitrogen and oxygen atoms in total. The Kier molecular flexibility index (Phi) is 4.17. The summed E-state index contributed by atoms with van der Waals surface area (Å²) in [5, 5.41) is 0. The van der Waals surface area contributed by atoms with Crippen molar-refractivity contribution in [2.75, 3.05) is 7.11 Å². The standard InChI is InChI=1S/C13H17NO/c1-5-7-11(10(2)3)12-8-6-9-14-13(12)15-4/h1,6,8-11H,7H2,2-4H3. The number of hydrogen-bond acceptors (Lipinski definition) is 2. The lowest BCUT2D eigenvalue weighted by atomic mass is 9.86. The summed E-state index contributed by atoms with van der Waals surface area (Å²) < 4.78 is 5.24. The van der Waals surface area contributed by atoms with Gasteiger partial charge in [-0.15, -0.1) is 12.3 Å². The van der Waals surface area contributed by atoms with Gasteiger partial charge in [-0.1, -0.05) is 19.9 Å². The number of methoxy groups -OCH3 is 1. The first-order chi connectivity index (χ1) is 7.20. The van der Waals surface area contributed by atoms with Gasteiger partial charge in [0.15, 0.2) is 0 Å². The Morgan fingerprint density at radius 1 is 1.53 bits per heavy atom. The summed E-state index contributed by atoms with van der Waals surface area (Å²) in [5.41, 5.74) is 1.10. The second kappa shape index (κ2) is 5.41. The molecule has 0 saturated carbocycles. The highest BCUT2D eigenvalue weighted by atomic mass is 16.5. The Bertz CT molecular complexity index is 352. The van der Waals surface area contributed by atoms with Crippen molar-refractivity contribution >= 4 is 0 Å². The number of pyridine rings is 1. The van der Waals surface area contributed by atoms with Crippen molar-refractivity contribution in [3.8, 4) is 18.2 Å². The molecule has 80 valence electrons. The molecule has 2 heteroatoms. The molecule has 0 aromatic carbocycles. The molecule has 1 atom stereocenters. The van der Waals surface area contributed by atoms with E-state index in [0.717, 1.165) is 12.0 Å². The van der Waals surface area contributed by atoms with Crippen LogP contribution in [-0.2, 0) is 0 Å². The van der Waals surface area contributed by atoms with Gasteiger partial charge in [-0.05, 0) is 12.0 Å². The lowest BCUT2D eigenvalue weighted by molar-refractivity contribution is 0.379. The van der Waals surface area contributed by atoms with Crippen LogP contribution < -0.4 is 4.74 Å². The summed E-state index contributed by atoms with van der Waals surface area (Å²) in [7, 11) is 1.64. The lowest BCUT2D eigenvalue weighted by Gasteiger charge is -2.20. The Labute approximate surface area is 91.7 Å². The molecule has 1 unspecified atom stereocenters. The van der Waals surface area contributed by atoms with Crippen molar-refractivity contribution < 1.29 is 4.74 Å². The van der Waals surface area contributed by atoms with Gasteiger partial charge >= 0.3 is 0 Å². The molecule has 0 bridgehead atoms. The van der Waals surface area contributed by atoms with E-state index in [9.17, 15) is 0 Å². The Morgan fingerprint density at radius 2 is 2.27 bits per heavy atom. The van der Waals surface area contributed by atoms with E-state index in [0.29, 0.717) is 17.7 Å². The fourth-order valence-electron chi connectivity index (χ4n) is 1.69. The monoisotopic (exact) mass is 203 g/mol. The number of rotatable bonds is 4. The first kappa shape index (κ1) is 11.6. The zero-order chi connectivity index (χ0) is 11.3. The third-order valence-electron chi connectivity index (χ3n) is 2.54. The molecule has 1 aromatic rings. The fraction of sp³-hybridized carbons (Fsp3) is 0.462. The van der Waals surface area contributed by atoms with Gasteiger partial charge in [0.05, 0.1) is 7.11 Å². The summed E-state index contributed by atoms with van der Waals surface area (Å²) in [5.74, 6) is 4.21. The zero-order valence-electron chi connectivity index (χ0n) is 9.53. The van der Waals surface area contributed by atoms with E-state index in [-0.39, 0.29) is 0 Å². The van der Waals surface area contributed by atoms with Gasteiger partial charge in [0.1, 0.15) is 0 Å². The quantitative estimate of drug-likeness (QED) is 0.702. The second-order valence-corrected chi connectivity index (χ2v) is 3.86. The van der Waals surface area contributed by atoms with E-state index in [1.807, 2.05) is 12.1 Å². The van der Waals surface area contributed by atoms with Crippen LogP contribution in [0.2, 0.25) is 0 Å². The normalized spacial score (nSPS) is 12.2. The average molecular weight is 203 g/mol. The van der Waals surface area contributed by atoms with Gasteiger partial charge in [0.2, 0.25) is 5.88 Å². The number of nitrogens with zero attached hydrogens (tertiary/aromatic N) is 1. The largest absolute Gasteiger partial charge is 0.481 e. The van der Waals surface area contributed by atoms with Crippen LogP contribution >= 0.6 is 0 Å². The van der Waals surface area contributed by atoms with Gasteiger partial charge in [-0.3, -0.25) is 0 Å². The molecular weight excluding hydrogens is 186 g/mol.